The molecule has 0 saturated carbocycles. The van der Waals surface area contributed by atoms with Crippen LogP contribution >= 0.6 is 11.6 Å². The van der Waals surface area contributed by atoms with Crippen molar-refractivity contribution in [2.75, 3.05) is 26.3 Å². The fraction of sp³-hybridized carbons (Fsp3) is 0.588. The predicted octanol–water partition coefficient (Wildman–Crippen LogP) is 2.74. The van der Waals surface area contributed by atoms with Gasteiger partial charge in [0.2, 0.25) is 0 Å². The minimum atomic E-state index is -0.332. The van der Waals surface area contributed by atoms with Crippen LogP contribution in [0.1, 0.15) is 24.5 Å². The predicted molar refractivity (Wildman–Crippen MR) is 88.7 cm³/mol. The van der Waals surface area contributed by atoms with Gasteiger partial charge in [-0.25, -0.2) is 4.79 Å². The van der Waals surface area contributed by atoms with Crippen molar-refractivity contribution in [3.63, 3.8) is 0 Å². The zero-order chi connectivity index (χ0) is 16.4. The molecule has 0 aliphatic carbocycles. The topological polar surface area (TPSA) is 50.8 Å². The van der Waals surface area contributed by atoms with Gasteiger partial charge < -0.3 is 19.7 Å². The fourth-order valence-corrected chi connectivity index (χ4v) is 3.49. The van der Waals surface area contributed by atoms with E-state index in [1.54, 1.807) is 0 Å². The van der Waals surface area contributed by atoms with Gasteiger partial charge in [0.1, 0.15) is 5.60 Å². The average molecular weight is 339 g/mol. The third-order valence-corrected chi connectivity index (χ3v) is 4.74. The van der Waals surface area contributed by atoms with Crippen LogP contribution in [0.5, 0.6) is 0 Å². The van der Waals surface area contributed by atoms with Crippen LogP contribution in [0.25, 0.3) is 0 Å². The second-order valence-corrected chi connectivity index (χ2v) is 6.96. The number of amides is 2. The third kappa shape index (κ3) is 3.79. The number of nitrogens with one attached hydrogen (secondary N) is 1. The van der Waals surface area contributed by atoms with Gasteiger partial charge in [-0.3, -0.25) is 0 Å². The summed E-state index contributed by atoms with van der Waals surface area (Å²) in [7, 11) is 0. The van der Waals surface area contributed by atoms with Crippen molar-refractivity contribution >= 4 is 17.6 Å². The Morgan fingerprint density at radius 1 is 1.52 bits per heavy atom. The van der Waals surface area contributed by atoms with E-state index >= 15 is 0 Å². The summed E-state index contributed by atoms with van der Waals surface area (Å²) in [5, 5.41) is 3.68. The van der Waals surface area contributed by atoms with Gasteiger partial charge in [0.05, 0.1) is 19.3 Å². The standard InChI is InChI=1S/C17H23ClN2O3/c1-12-3-4-15(18)7-14(12)8-19-16(21)20-9-13(2)23-17(10-20)5-6-22-11-17/h3-4,7,13H,5-6,8-11H2,1-2H3,(H,19,21)/t13-,17+/m0/s1. The highest BCUT2D eigenvalue weighted by Crippen LogP contribution is 2.30. The molecular weight excluding hydrogens is 316 g/mol. The number of hydrogen-bond donors (Lipinski definition) is 1. The molecule has 2 saturated heterocycles. The quantitative estimate of drug-likeness (QED) is 0.902. The number of hydrogen-bond acceptors (Lipinski definition) is 3. The molecule has 2 aliphatic rings. The fourth-order valence-electron chi connectivity index (χ4n) is 3.30. The summed E-state index contributed by atoms with van der Waals surface area (Å²) in [6.45, 7) is 6.93. The van der Waals surface area contributed by atoms with Gasteiger partial charge in [-0.2, -0.15) is 0 Å². The first-order valence-corrected chi connectivity index (χ1v) is 8.39. The monoisotopic (exact) mass is 338 g/mol. The smallest absolute Gasteiger partial charge is 0.317 e. The second-order valence-electron chi connectivity index (χ2n) is 6.52. The molecule has 126 valence electrons. The zero-order valence-corrected chi connectivity index (χ0v) is 14.4. The molecule has 2 amide bonds. The minimum Gasteiger partial charge on any atom is -0.378 e. The van der Waals surface area contributed by atoms with Crippen molar-refractivity contribution < 1.29 is 14.3 Å². The molecule has 1 N–H and O–H groups in total. The van der Waals surface area contributed by atoms with Gasteiger partial charge >= 0.3 is 6.03 Å². The van der Waals surface area contributed by atoms with E-state index in [2.05, 4.69) is 5.32 Å². The van der Waals surface area contributed by atoms with E-state index in [-0.39, 0.29) is 17.7 Å². The molecule has 0 unspecified atom stereocenters. The van der Waals surface area contributed by atoms with E-state index in [1.165, 1.54) is 0 Å². The molecule has 1 aromatic rings. The highest BCUT2D eigenvalue weighted by molar-refractivity contribution is 6.30. The van der Waals surface area contributed by atoms with Gasteiger partial charge in [-0.05, 0) is 37.1 Å². The lowest BCUT2D eigenvalue weighted by molar-refractivity contribution is -0.137. The summed E-state index contributed by atoms with van der Waals surface area (Å²) in [5.41, 5.74) is 1.82. The lowest BCUT2D eigenvalue weighted by atomic mass is 9.99. The summed E-state index contributed by atoms with van der Waals surface area (Å²) < 4.78 is 11.5. The first kappa shape index (κ1) is 16.6. The maximum atomic E-state index is 12.5. The average Bonchev–Trinajstić information content (AvgIpc) is 2.94. The number of urea groups is 1. The maximum Gasteiger partial charge on any atom is 0.317 e. The van der Waals surface area contributed by atoms with Crippen molar-refractivity contribution in [2.24, 2.45) is 0 Å². The van der Waals surface area contributed by atoms with Crippen LogP contribution < -0.4 is 5.32 Å². The molecule has 2 fully saturated rings. The summed E-state index contributed by atoms with van der Waals surface area (Å²) in [6.07, 6.45) is 0.859. The molecule has 2 heterocycles. The Morgan fingerprint density at radius 3 is 3.09 bits per heavy atom. The summed E-state index contributed by atoms with van der Waals surface area (Å²) >= 11 is 6.03. The van der Waals surface area contributed by atoms with Crippen LogP contribution in [-0.2, 0) is 16.0 Å². The number of ether oxygens (including phenoxy) is 2. The van der Waals surface area contributed by atoms with Gasteiger partial charge in [0.25, 0.3) is 0 Å². The van der Waals surface area contributed by atoms with Crippen LogP contribution in [0, 0.1) is 6.92 Å². The van der Waals surface area contributed by atoms with Crippen LogP contribution in [0.3, 0.4) is 0 Å². The number of rotatable bonds is 2. The molecule has 23 heavy (non-hydrogen) atoms. The minimum absolute atomic E-state index is 0.0177. The zero-order valence-electron chi connectivity index (χ0n) is 13.6. The van der Waals surface area contributed by atoms with E-state index < -0.39 is 0 Å². The molecule has 6 heteroatoms. The number of morpholine rings is 1. The summed E-state index contributed by atoms with van der Waals surface area (Å²) in [6, 6.07) is 5.65. The molecule has 2 aliphatic heterocycles. The lowest BCUT2D eigenvalue weighted by Gasteiger charge is -2.42. The Balaban J connectivity index is 1.62. The van der Waals surface area contributed by atoms with Crippen molar-refractivity contribution in [1.82, 2.24) is 10.2 Å². The van der Waals surface area contributed by atoms with E-state index in [9.17, 15) is 4.79 Å². The Morgan fingerprint density at radius 2 is 2.35 bits per heavy atom. The van der Waals surface area contributed by atoms with Crippen LogP contribution in [0.2, 0.25) is 5.02 Å². The molecular formula is C17H23ClN2O3. The van der Waals surface area contributed by atoms with Crippen molar-refractivity contribution in [3.8, 4) is 0 Å². The first-order valence-electron chi connectivity index (χ1n) is 8.01. The molecule has 0 radical (unpaired) electrons. The lowest BCUT2D eigenvalue weighted by Crippen LogP contribution is -2.58. The Kier molecular flexibility index (Phi) is 4.80. The van der Waals surface area contributed by atoms with Gasteiger partial charge in [0, 0.05) is 31.1 Å². The largest absolute Gasteiger partial charge is 0.378 e. The summed E-state index contributed by atoms with van der Waals surface area (Å²) in [4.78, 5) is 14.4. The number of aryl methyl sites for hydroxylation is 1. The maximum absolute atomic E-state index is 12.5. The Hall–Kier alpha value is -1.30. The molecule has 1 spiro atoms. The highest BCUT2D eigenvalue weighted by Gasteiger charge is 2.43. The van der Waals surface area contributed by atoms with E-state index in [0.717, 1.165) is 17.5 Å². The summed E-state index contributed by atoms with van der Waals surface area (Å²) in [5.74, 6) is 0. The van der Waals surface area contributed by atoms with Gasteiger partial charge in [0.15, 0.2) is 0 Å². The van der Waals surface area contributed by atoms with Gasteiger partial charge in [-0.15, -0.1) is 0 Å². The third-order valence-electron chi connectivity index (χ3n) is 4.50. The molecule has 0 bridgehead atoms. The SMILES string of the molecule is Cc1ccc(Cl)cc1CNC(=O)N1C[C@H](C)O[C@]2(CCOC2)C1. The highest BCUT2D eigenvalue weighted by atomic mass is 35.5. The first-order chi connectivity index (χ1) is 11.0. The van der Waals surface area contributed by atoms with Crippen molar-refractivity contribution in [3.05, 3.63) is 34.3 Å². The number of halogens is 1. The number of benzene rings is 1. The number of carbonyl (C=O) groups is 1. The molecule has 1 aromatic carbocycles. The molecule has 5 nitrogen and oxygen atoms in total. The van der Waals surface area contributed by atoms with Crippen molar-refractivity contribution in [1.29, 1.82) is 0 Å². The van der Waals surface area contributed by atoms with E-state index in [1.807, 2.05) is 36.9 Å². The number of nitrogens with zero attached hydrogens (tertiary/aromatic N) is 1. The molecule has 2 atom stereocenters. The van der Waals surface area contributed by atoms with Crippen molar-refractivity contribution in [2.45, 2.75) is 38.5 Å². The molecule has 0 aromatic heterocycles. The number of carbonyl (C=O) groups excluding carboxylic acids is 1. The Bertz CT molecular complexity index is 587. The second kappa shape index (κ2) is 6.67. The van der Waals surface area contributed by atoms with Crippen LogP contribution in [-0.4, -0.2) is 48.9 Å². The van der Waals surface area contributed by atoms with Crippen LogP contribution in [0.15, 0.2) is 18.2 Å². The normalized spacial score (nSPS) is 27.4. The van der Waals surface area contributed by atoms with E-state index in [0.29, 0.717) is 37.9 Å². The van der Waals surface area contributed by atoms with E-state index in [4.69, 9.17) is 21.1 Å². The Labute approximate surface area is 141 Å². The van der Waals surface area contributed by atoms with Gasteiger partial charge in [-0.1, -0.05) is 17.7 Å². The van der Waals surface area contributed by atoms with Crippen LogP contribution in [0.4, 0.5) is 4.79 Å². The molecule has 3 rings (SSSR count).